The van der Waals surface area contributed by atoms with Crippen molar-refractivity contribution in [3.8, 4) is 11.5 Å². The molecule has 1 N–H and O–H groups in total. The number of nitrogens with zero attached hydrogens (tertiary/aromatic N) is 1. The summed E-state index contributed by atoms with van der Waals surface area (Å²) >= 11 is 0. The van der Waals surface area contributed by atoms with Crippen LogP contribution in [0, 0.1) is 13.8 Å². The third-order valence-corrected chi connectivity index (χ3v) is 6.68. The van der Waals surface area contributed by atoms with E-state index in [1.807, 2.05) is 63.2 Å². The molecule has 0 spiro atoms. The summed E-state index contributed by atoms with van der Waals surface area (Å²) in [5.74, 6) is 1.21. The molecule has 186 valence electrons. The number of carbonyl (C=O) groups is 1. The molecule has 0 fully saturated rings. The van der Waals surface area contributed by atoms with Gasteiger partial charge in [0, 0.05) is 5.56 Å². The molecule has 8 heteroatoms. The van der Waals surface area contributed by atoms with Gasteiger partial charge < -0.3 is 14.8 Å². The number of amides is 1. The zero-order chi connectivity index (χ0) is 25.6. The maximum atomic E-state index is 12.7. The van der Waals surface area contributed by atoms with Crippen molar-refractivity contribution in [2.45, 2.75) is 33.4 Å². The Morgan fingerprint density at radius 2 is 1.51 bits per heavy atom. The Bertz CT molecular complexity index is 1240. The normalized spacial score (nSPS) is 12.0. The summed E-state index contributed by atoms with van der Waals surface area (Å²) < 4.78 is 37.4. The molecule has 1 atom stereocenters. The van der Waals surface area contributed by atoms with E-state index >= 15 is 0 Å². The molecule has 0 saturated carbocycles. The van der Waals surface area contributed by atoms with E-state index in [-0.39, 0.29) is 18.5 Å². The van der Waals surface area contributed by atoms with Crippen LogP contribution in [-0.2, 0) is 16.6 Å². The van der Waals surface area contributed by atoms with Gasteiger partial charge in [-0.1, -0.05) is 30.3 Å². The quantitative estimate of drug-likeness (QED) is 0.448. The average molecular weight is 497 g/mol. The minimum absolute atomic E-state index is 0.179. The highest BCUT2D eigenvalue weighted by atomic mass is 32.2. The minimum Gasteiger partial charge on any atom is -0.497 e. The lowest BCUT2D eigenvalue weighted by molar-refractivity contribution is 0.0926. The van der Waals surface area contributed by atoms with E-state index in [1.165, 1.54) is 10.6 Å². The van der Waals surface area contributed by atoms with Crippen molar-refractivity contribution in [1.82, 2.24) is 5.32 Å². The predicted octanol–water partition coefficient (Wildman–Crippen LogP) is 4.48. The van der Waals surface area contributed by atoms with Gasteiger partial charge in [-0.25, -0.2) is 8.42 Å². The Labute approximate surface area is 207 Å². The number of nitrogens with one attached hydrogen (secondary N) is 1. The third kappa shape index (κ3) is 6.99. The number of benzene rings is 3. The monoisotopic (exact) mass is 496 g/mol. The Balaban J connectivity index is 1.63. The zero-order valence-corrected chi connectivity index (χ0v) is 21.6. The zero-order valence-electron chi connectivity index (χ0n) is 20.7. The lowest BCUT2D eigenvalue weighted by Gasteiger charge is -2.26. The number of sulfonamides is 1. The van der Waals surface area contributed by atoms with E-state index in [2.05, 4.69) is 5.32 Å². The van der Waals surface area contributed by atoms with Crippen LogP contribution in [0.15, 0.2) is 66.7 Å². The second-order valence-corrected chi connectivity index (χ2v) is 10.5. The van der Waals surface area contributed by atoms with Crippen molar-refractivity contribution < 1.29 is 22.7 Å². The van der Waals surface area contributed by atoms with Crippen LogP contribution in [0.1, 0.15) is 34.0 Å². The molecule has 0 aliphatic carbocycles. The number of hydrogen-bond acceptors (Lipinski definition) is 5. The highest BCUT2D eigenvalue weighted by Gasteiger charge is 2.21. The van der Waals surface area contributed by atoms with Crippen molar-refractivity contribution in [3.05, 3.63) is 89.0 Å². The summed E-state index contributed by atoms with van der Waals surface area (Å²) in [6.45, 7) is 6.15. The molecule has 0 bridgehead atoms. The fourth-order valence-corrected chi connectivity index (χ4v) is 4.73. The van der Waals surface area contributed by atoms with Gasteiger partial charge >= 0.3 is 0 Å². The third-order valence-electron chi connectivity index (χ3n) is 5.57. The Morgan fingerprint density at radius 1 is 0.943 bits per heavy atom. The summed E-state index contributed by atoms with van der Waals surface area (Å²) in [7, 11) is -1.90. The van der Waals surface area contributed by atoms with E-state index < -0.39 is 10.0 Å². The summed E-state index contributed by atoms with van der Waals surface area (Å²) in [6, 6.07) is 19.7. The topological polar surface area (TPSA) is 84.9 Å². The molecule has 3 aromatic carbocycles. The van der Waals surface area contributed by atoms with Crippen LogP contribution in [0.3, 0.4) is 0 Å². The van der Waals surface area contributed by atoms with Gasteiger partial charge in [0.15, 0.2) is 0 Å². The second kappa shape index (κ2) is 11.3. The molecule has 0 aliphatic rings. The van der Waals surface area contributed by atoms with Gasteiger partial charge in [-0.3, -0.25) is 9.10 Å². The number of aryl methyl sites for hydroxylation is 2. The van der Waals surface area contributed by atoms with E-state index in [0.29, 0.717) is 23.6 Å². The SMILES string of the molecule is COc1ccc(OCC(C)NC(=O)c2ccc(CN(c3c(C)cccc3C)S(C)(=O)=O)cc2)cc1. The summed E-state index contributed by atoms with van der Waals surface area (Å²) in [5.41, 5.74) is 3.73. The second-order valence-electron chi connectivity index (χ2n) is 8.57. The number of rotatable bonds is 10. The number of ether oxygens (including phenoxy) is 2. The van der Waals surface area contributed by atoms with Crippen LogP contribution >= 0.6 is 0 Å². The summed E-state index contributed by atoms with van der Waals surface area (Å²) in [5, 5.41) is 2.92. The number of hydrogen-bond donors (Lipinski definition) is 1. The van der Waals surface area contributed by atoms with Gasteiger partial charge in [0.2, 0.25) is 10.0 Å². The van der Waals surface area contributed by atoms with Crippen molar-refractivity contribution in [1.29, 1.82) is 0 Å². The van der Waals surface area contributed by atoms with Gasteiger partial charge in [-0.2, -0.15) is 0 Å². The van der Waals surface area contributed by atoms with E-state index in [9.17, 15) is 13.2 Å². The first-order valence-corrected chi connectivity index (χ1v) is 13.1. The first kappa shape index (κ1) is 26.1. The number of anilines is 1. The van der Waals surface area contributed by atoms with Gasteiger partial charge in [-0.15, -0.1) is 0 Å². The van der Waals surface area contributed by atoms with Crippen molar-refractivity contribution >= 4 is 21.6 Å². The summed E-state index contributed by atoms with van der Waals surface area (Å²) in [6.07, 6.45) is 1.20. The number of carbonyl (C=O) groups excluding carboxylic acids is 1. The fraction of sp³-hybridized carbons (Fsp3) is 0.296. The van der Waals surface area contributed by atoms with E-state index in [0.717, 1.165) is 22.4 Å². The number of para-hydroxylation sites is 1. The van der Waals surface area contributed by atoms with Gasteiger partial charge in [0.1, 0.15) is 18.1 Å². The molecule has 0 saturated heterocycles. The molecular weight excluding hydrogens is 464 g/mol. The number of methoxy groups -OCH3 is 1. The molecule has 0 heterocycles. The molecule has 35 heavy (non-hydrogen) atoms. The van der Waals surface area contributed by atoms with Crippen molar-refractivity contribution in [2.75, 3.05) is 24.3 Å². The van der Waals surface area contributed by atoms with Crippen molar-refractivity contribution in [2.24, 2.45) is 0 Å². The van der Waals surface area contributed by atoms with Crippen LogP contribution in [0.2, 0.25) is 0 Å². The Kier molecular flexibility index (Phi) is 8.40. The van der Waals surface area contributed by atoms with Crippen LogP contribution in [0.5, 0.6) is 11.5 Å². The Morgan fingerprint density at radius 3 is 2.06 bits per heavy atom. The average Bonchev–Trinajstić information content (AvgIpc) is 2.82. The molecule has 0 aromatic heterocycles. The minimum atomic E-state index is -3.50. The highest BCUT2D eigenvalue weighted by Crippen LogP contribution is 2.28. The van der Waals surface area contributed by atoms with Crippen molar-refractivity contribution in [3.63, 3.8) is 0 Å². The fourth-order valence-electron chi connectivity index (χ4n) is 3.73. The predicted molar refractivity (Wildman–Crippen MR) is 139 cm³/mol. The molecule has 3 aromatic rings. The van der Waals surface area contributed by atoms with E-state index in [4.69, 9.17) is 9.47 Å². The molecule has 1 unspecified atom stereocenters. The molecule has 1 amide bonds. The standard InChI is InChI=1S/C27H32N2O5S/c1-19-7-6-8-20(2)26(19)29(35(5,31)32)17-22-9-11-23(12-10-22)27(30)28-21(3)18-34-25-15-13-24(33-4)14-16-25/h6-16,21H,17-18H2,1-5H3,(H,28,30). The summed E-state index contributed by atoms with van der Waals surface area (Å²) in [4.78, 5) is 12.7. The lowest BCUT2D eigenvalue weighted by Crippen LogP contribution is -2.36. The largest absolute Gasteiger partial charge is 0.497 e. The lowest BCUT2D eigenvalue weighted by atomic mass is 10.1. The van der Waals surface area contributed by atoms with Crippen LogP contribution < -0.4 is 19.1 Å². The van der Waals surface area contributed by atoms with Gasteiger partial charge in [0.25, 0.3) is 5.91 Å². The Hall–Kier alpha value is -3.52. The smallest absolute Gasteiger partial charge is 0.251 e. The van der Waals surface area contributed by atoms with Gasteiger partial charge in [0.05, 0.1) is 31.6 Å². The maximum absolute atomic E-state index is 12.7. The molecule has 3 rings (SSSR count). The molecule has 0 radical (unpaired) electrons. The molecule has 7 nitrogen and oxygen atoms in total. The first-order chi connectivity index (χ1) is 16.6. The van der Waals surface area contributed by atoms with E-state index in [1.54, 1.807) is 31.4 Å². The first-order valence-electron chi connectivity index (χ1n) is 11.3. The maximum Gasteiger partial charge on any atom is 0.251 e. The van der Waals surface area contributed by atoms with Crippen LogP contribution in [0.4, 0.5) is 5.69 Å². The molecule has 0 aliphatic heterocycles. The van der Waals surface area contributed by atoms with Crippen LogP contribution in [-0.4, -0.2) is 40.3 Å². The van der Waals surface area contributed by atoms with Crippen LogP contribution in [0.25, 0.3) is 0 Å². The highest BCUT2D eigenvalue weighted by molar-refractivity contribution is 7.92. The molecular formula is C27H32N2O5S. The van der Waals surface area contributed by atoms with Gasteiger partial charge in [-0.05, 0) is 73.9 Å².